The molecule has 0 bridgehead atoms. The Labute approximate surface area is 94.5 Å². The SMILES string of the molecule is [Ti+2].c1ccccc1.c1ccccc1. The van der Waals surface area contributed by atoms with Gasteiger partial charge in [0.05, 0.1) is 0 Å². The summed E-state index contributed by atoms with van der Waals surface area (Å²) in [5, 5.41) is 0. The van der Waals surface area contributed by atoms with Crippen molar-refractivity contribution in [3.05, 3.63) is 72.8 Å². The summed E-state index contributed by atoms with van der Waals surface area (Å²) in [7, 11) is 0. The van der Waals surface area contributed by atoms with Crippen molar-refractivity contribution in [2.75, 3.05) is 0 Å². The zero-order valence-corrected chi connectivity index (χ0v) is 8.99. The summed E-state index contributed by atoms with van der Waals surface area (Å²) < 4.78 is 0. The molecule has 2 rings (SSSR count). The van der Waals surface area contributed by atoms with Crippen LogP contribution in [0.1, 0.15) is 0 Å². The Morgan fingerprint density at radius 2 is 0.308 bits per heavy atom. The third-order valence-corrected chi connectivity index (χ3v) is 1.33. The van der Waals surface area contributed by atoms with E-state index in [1.54, 1.807) is 0 Å². The van der Waals surface area contributed by atoms with E-state index in [0.29, 0.717) is 0 Å². The standard InChI is InChI=1S/2C6H6.Ti/c2*1-2-4-6-5-3-1;/h2*1-6H;/q;;+2. The molecule has 0 aliphatic carbocycles. The van der Waals surface area contributed by atoms with Gasteiger partial charge in [0.25, 0.3) is 0 Å². The first kappa shape index (κ1) is 12.2. The quantitative estimate of drug-likeness (QED) is 0.577. The summed E-state index contributed by atoms with van der Waals surface area (Å²) in [6.07, 6.45) is 0. The largest absolute Gasteiger partial charge is 2.00 e. The molecule has 0 heterocycles. The molecule has 0 radical (unpaired) electrons. The van der Waals surface area contributed by atoms with Crippen molar-refractivity contribution in [2.45, 2.75) is 0 Å². The molecule has 0 aliphatic heterocycles. The van der Waals surface area contributed by atoms with Gasteiger partial charge in [-0.25, -0.2) is 0 Å². The Hall–Kier alpha value is -0.846. The Kier molecular flexibility index (Phi) is 8.64. The second-order valence-corrected chi connectivity index (χ2v) is 2.31. The van der Waals surface area contributed by atoms with Crippen molar-refractivity contribution in [3.8, 4) is 0 Å². The van der Waals surface area contributed by atoms with Crippen molar-refractivity contribution in [1.29, 1.82) is 0 Å². The summed E-state index contributed by atoms with van der Waals surface area (Å²) in [6.45, 7) is 0. The van der Waals surface area contributed by atoms with Gasteiger partial charge in [-0.2, -0.15) is 0 Å². The first-order valence-electron chi connectivity index (χ1n) is 4.00. The fraction of sp³-hybridized carbons (Fsp3) is 0. The maximum absolute atomic E-state index is 2.00. The Morgan fingerprint density at radius 1 is 0.231 bits per heavy atom. The fourth-order valence-electron chi connectivity index (χ4n) is 0.770. The molecule has 0 spiro atoms. The van der Waals surface area contributed by atoms with Crippen molar-refractivity contribution >= 4 is 0 Å². The number of benzene rings is 2. The van der Waals surface area contributed by atoms with Crippen LogP contribution in [0.3, 0.4) is 0 Å². The predicted molar refractivity (Wildman–Crippen MR) is 52.9 cm³/mol. The molecule has 0 saturated carbocycles. The van der Waals surface area contributed by atoms with E-state index >= 15 is 0 Å². The average Bonchev–Trinajstić information content (AvgIpc) is 2.24. The van der Waals surface area contributed by atoms with E-state index in [1.165, 1.54) is 0 Å². The summed E-state index contributed by atoms with van der Waals surface area (Å²) in [5.41, 5.74) is 0. The van der Waals surface area contributed by atoms with Gasteiger partial charge in [-0.05, 0) is 0 Å². The summed E-state index contributed by atoms with van der Waals surface area (Å²) in [4.78, 5) is 0. The minimum absolute atomic E-state index is 0. The van der Waals surface area contributed by atoms with Crippen LogP contribution < -0.4 is 0 Å². The van der Waals surface area contributed by atoms with Crippen LogP contribution in [0.5, 0.6) is 0 Å². The van der Waals surface area contributed by atoms with Crippen molar-refractivity contribution < 1.29 is 21.7 Å². The fourth-order valence-corrected chi connectivity index (χ4v) is 0.770. The molecular weight excluding hydrogens is 192 g/mol. The molecule has 62 valence electrons. The van der Waals surface area contributed by atoms with Crippen molar-refractivity contribution in [2.24, 2.45) is 0 Å². The average molecular weight is 204 g/mol. The molecule has 0 unspecified atom stereocenters. The Bertz CT molecular complexity index is 181. The predicted octanol–water partition coefficient (Wildman–Crippen LogP) is 3.37. The van der Waals surface area contributed by atoms with Crippen LogP contribution in [0.25, 0.3) is 0 Å². The maximum atomic E-state index is 2.00. The molecule has 0 aromatic heterocycles. The van der Waals surface area contributed by atoms with Gasteiger partial charge in [0, 0.05) is 0 Å². The zero-order valence-electron chi connectivity index (χ0n) is 7.43. The van der Waals surface area contributed by atoms with Crippen LogP contribution in [-0.4, -0.2) is 0 Å². The number of rotatable bonds is 0. The molecule has 0 atom stereocenters. The van der Waals surface area contributed by atoms with Gasteiger partial charge >= 0.3 is 21.7 Å². The van der Waals surface area contributed by atoms with E-state index in [0.717, 1.165) is 0 Å². The van der Waals surface area contributed by atoms with E-state index in [2.05, 4.69) is 0 Å². The van der Waals surface area contributed by atoms with E-state index in [9.17, 15) is 0 Å². The molecule has 13 heavy (non-hydrogen) atoms. The van der Waals surface area contributed by atoms with Gasteiger partial charge in [0.15, 0.2) is 0 Å². The molecule has 0 fully saturated rings. The van der Waals surface area contributed by atoms with Crippen LogP contribution >= 0.6 is 0 Å². The first-order valence-corrected chi connectivity index (χ1v) is 4.00. The molecular formula is C12H12Ti+2. The molecule has 2 aromatic rings. The van der Waals surface area contributed by atoms with Gasteiger partial charge in [0.1, 0.15) is 0 Å². The first-order chi connectivity index (χ1) is 6.00. The third kappa shape index (κ3) is 7.51. The topological polar surface area (TPSA) is 0 Å². The van der Waals surface area contributed by atoms with Crippen LogP contribution in [0, 0.1) is 0 Å². The molecule has 0 nitrogen and oxygen atoms in total. The van der Waals surface area contributed by atoms with Crippen molar-refractivity contribution in [1.82, 2.24) is 0 Å². The molecule has 0 aliphatic rings. The summed E-state index contributed by atoms with van der Waals surface area (Å²) >= 11 is 0. The molecule has 0 saturated heterocycles. The van der Waals surface area contributed by atoms with E-state index in [1.807, 2.05) is 72.8 Å². The minimum Gasteiger partial charge on any atom is -0.0623 e. The Morgan fingerprint density at radius 3 is 0.385 bits per heavy atom. The van der Waals surface area contributed by atoms with Crippen molar-refractivity contribution in [3.63, 3.8) is 0 Å². The van der Waals surface area contributed by atoms with E-state index in [4.69, 9.17) is 0 Å². The van der Waals surface area contributed by atoms with E-state index in [-0.39, 0.29) is 21.7 Å². The van der Waals surface area contributed by atoms with E-state index < -0.39 is 0 Å². The van der Waals surface area contributed by atoms with Gasteiger partial charge < -0.3 is 0 Å². The summed E-state index contributed by atoms with van der Waals surface area (Å²) in [5.74, 6) is 0. The van der Waals surface area contributed by atoms with Crippen LogP contribution in [0.15, 0.2) is 72.8 Å². The summed E-state index contributed by atoms with van der Waals surface area (Å²) in [6, 6.07) is 24.0. The normalized spacial score (nSPS) is 7.38. The molecule has 1 heteroatoms. The van der Waals surface area contributed by atoms with Gasteiger partial charge in [-0.15, -0.1) is 0 Å². The maximum Gasteiger partial charge on any atom is 2.00 e. The Balaban J connectivity index is 0.000000206. The number of hydrogen-bond donors (Lipinski definition) is 0. The molecule has 0 amide bonds. The second kappa shape index (κ2) is 9.24. The second-order valence-electron chi connectivity index (χ2n) is 2.31. The van der Waals surface area contributed by atoms with Crippen LogP contribution in [0.4, 0.5) is 0 Å². The van der Waals surface area contributed by atoms with Gasteiger partial charge in [-0.1, -0.05) is 72.8 Å². The van der Waals surface area contributed by atoms with Gasteiger partial charge in [0.2, 0.25) is 0 Å². The van der Waals surface area contributed by atoms with Gasteiger partial charge in [-0.3, -0.25) is 0 Å². The molecule has 0 N–H and O–H groups in total. The zero-order chi connectivity index (χ0) is 8.49. The van der Waals surface area contributed by atoms with Crippen LogP contribution in [-0.2, 0) is 21.7 Å². The smallest absolute Gasteiger partial charge is 0.0623 e. The minimum atomic E-state index is 0. The van der Waals surface area contributed by atoms with Crippen LogP contribution in [0.2, 0.25) is 0 Å². The monoisotopic (exact) mass is 204 g/mol. The third-order valence-electron chi connectivity index (χ3n) is 1.33. The number of hydrogen-bond acceptors (Lipinski definition) is 0. The molecule has 2 aromatic carbocycles.